The van der Waals surface area contributed by atoms with E-state index in [1.807, 2.05) is 12.2 Å². The number of carboxylic acid groups (broad SMARTS) is 1. The standard InChI is InChI=1S/C15H22O2/c1-12(2)7-5-8-13(3)9-6-10-14(4)11-15(16)17/h6-7,9-11H,5,8H2,1-4H3,(H,16,17)/b10-6+,13-9+,14-11-. The highest BCUT2D eigenvalue weighted by Gasteiger charge is 1.89. The fourth-order valence-electron chi connectivity index (χ4n) is 1.28. The minimum atomic E-state index is -0.906. The molecule has 0 saturated carbocycles. The lowest BCUT2D eigenvalue weighted by Gasteiger charge is -1.96. The molecule has 0 spiro atoms. The summed E-state index contributed by atoms with van der Waals surface area (Å²) in [7, 11) is 0. The van der Waals surface area contributed by atoms with Crippen LogP contribution in [0.2, 0.25) is 0 Å². The summed E-state index contributed by atoms with van der Waals surface area (Å²) >= 11 is 0. The van der Waals surface area contributed by atoms with Crippen LogP contribution in [0.15, 0.2) is 47.1 Å². The molecule has 0 saturated heterocycles. The minimum absolute atomic E-state index is 0.742. The van der Waals surface area contributed by atoms with Crippen LogP contribution in [0, 0.1) is 0 Å². The number of hydrogen-bond acceptors (Lipinski definition) is 1. The van der Waals surface area contributed by atoms with E-state index < -0.39 is 5.97 Å². The van der Waals surface area contributed by atoms with Gasteiger partial charge in [-0.15, -0.1) is 0 Å². The van der Waals surface area contributed by atoms with Gasteiger partial charge in [-0.25, -0.2) is 4.79 Å². The van der Waals surface area contributed by atoms with Crippen LogP contribution in [0.3, 0.4) is 0 Å². The van der Waals surface area contributed by atoms with Crippen LogP contribution in [0.4, 0.5) is 0 Å². The van der Waals surface area contributed by atoms with Gasteiger partial charge in [0.05, 0.1) is 0 Å². The molecule has 0 unspecified atom stereocenters. The van der Waals surface area contributed by atoms with Gasteiger partial charge in [-0.2, -0.15) is 0 Å². The number of hydrogen-bond donors (Lipinski definition) is 1. The maximum Gasteiger partial charge on any atom is 0.328 e. The second-order valence-electron chi connectivity index (χ2n) is 4.42. The van der Waals surface area contributed by atoms with E-state index in [0.29, 0.717) is 0 Å². The third-order valence-corrected chi connectivity index (χ3v) is 2.18. The van der Waals surface area contributed by atoms with Crippen molar-refractivity contribution in [3.05, 3.63) is 47.1 Å². The highest BCUT2D eigenvalue weighted by Crippen LogP contribution is 2.07. The van der Waals surface area contributed by atoms with Crippen LogP contribution in [0.1, 0.15) is 40.5 Å². The molecule has 2 heteroatoms. The Morgan fingerprint density at radius 2 is 1.82 bits per heavy atom. The summed E-state index contributed by atoms with van der Waals surface area (Å²) in [4.78, 5) is 10.4. The predicted molar refractivity (Wildman–Crippen MR) is 73.0 cm³/mol. The Labute approximate surface area is 104 Å². The lowest BCUT2D eigenvalue weighted by atomic mass is 10.1. The lowest BCUT2D eigenvalue weighted by Crippen LogP contribution is -1.87. The average Bonchev–Trinajstić information content (AvgIpc) is 2.15. The first-order chi connectivity index (χ1) is 7.91. The molecule has 0 radical (unpaired) electrons. The predicted octanol–water partition coefficient (Wildman–Crippen LogP) is 4.27. The second-order valence-corrected chi connectivity index (χ2v) is 4.42. The van der Waals surface area contributed by atoms with Gasteiger partial charge in [-0.3, -0.25) is 0 Å². The van der Waals surface area contributed by atoms with Crippen molar-refractivity contribution >= 4 is 5.97 Å². The molecule has 0 aromatic heterocycles. The van der Waals surface area contributed by atoms with Gasteiger partial charge in [0.2, 0.25) is 0 Å². The Balaban J connectivity index is 4.19. The molecular weight excluding hydrogens is 212 g/mol. The molecule has 0 aliphatic heterocycles. The van der Waals surface area contributed by atoms with Crippen molar-refractivity contribution < 1.29 is 9.90 Å². The Bertz CT molecular complexity index is 364. The summed E-state index contributed by atoms with van der Waals surface area (Å²) in [5.74, 6) is -0.906. The largest absolute Gasteiger partial charge is 0.478 e. The van der Waals surface area contributed by atoms with Crippen LogP contribution in [-0.2, 0) is 4.79 Å². The zero-order chi connectivity index (χ0) is 13.3. The number of allylic oxidation sites excluding steroid dienone is 7. The van der Waals surface area contributed by atoms with Crippen molar-refractivity contribution in [2.75, 3.05) is 0 Å². The third-order valence-electron chi connectivity index (χ3n) is 2.18. The first kappa shape index (κ1) is 15.4. The quantitative estimate of drug-likeness (QED) is 0.423. The van der Waals surface area contributed by atoms with E-state index in [0.717, 1.165) is 18.4 Å². The van der Waals surface area contributed by atoms with Crippen molar-refractivity contribution in [2.24, 2.45) is 0 Å². The molecular formula is C15H22O2. The van der Waals surface area contributed by atoms with E-state index in [1.165, 1.54) is 17.2 Å². The van der Waals surface area contributed by atoms with Gasteiger partial charge in [0, 0.05) is 6.08 Å². The number of rotatable bonds is 6. The maximum atomic E-state index is 10.4. The third kappa shape index (κ3) is 10.7. The molecule has 0 aromatic carbocycles. The van der Waals surface area contributed by atoms with Crippen LogP contribution in [0.5, 0.6) is 0 Å². The fraction of sp³-hybridized carbons (Fsp3) is 0.400. The zero-order valence-corrected chi connectivity index (χ0v) is 11.2. The SMILES string of the molecule is CC(C)=CCC/C(C)=C/C=C/C(C)=C\C(=O)O. The van der Waals surface area contributed by atoms with E-state index in [4.69, 9.17) is 5.11 Å². The van der Waals surface area contributed by atoms with Crippen molar-refractivity contribution in [3.63, 3.8) is 0 Å². The summed E-state index contributed by atoms with van der Waals surface area (Å²) in [5.41, 5.74) is 3.38. The van der Waals surface area contributed by atoms with E-state index in [1.54, 1.807) is 13.0 Å². The number of carboxylic acids is 1. The molecule has 0 atom stereocenters. The molecule has 94 valence electrons. The monoisotopic (exact) mass is 234 g/mol. The Kier molecular flexibility index (Phi) is 7.78. The Morgan fingerprint density at radius 3 is 2.35 bits per heavy atom. The maximum absolute atomic E-state index is 10.4. The molecule has 0 aromatic rings. The van der Waals surface area contributed by atoms with Gasteiger partial charge in [0.1, 0.15) is 0 Å². The van der Waals surface area contributed by atoms with Gasteiger partial charge in [0.25, 0.3) is 0 Å². The van der Waals surface area contributed by atoms with E-state index in [2.05, 4.69) is 26.8 Å². The fourth-order valence-corrected chi connectivity index (χ4v) is 1.28. The topological polar surface area (TPSA) is 37.3 Å². The molecule has 0 aliphatic rings. The Morgan fingerprint density at radius 1 is 1.18 bits per heavy atom. The van der Waals surface area contributed by atoms with Crippen molar-refractivity contribution in [1.82, 2.24) is 0 Å². The number of carbonyl (C=O) groups is 1. The molecule has 2 nitrogen and oxygen atoms in total. The van der Waals surface area contributed by atoms with Crippen molar-refractivity contribution in [2.45, 2.75) is 40.5 Å². The highest BCUT2D eigenvalue weighted by atomic mass is 16.4. The minimum Gasteiger partial charge on any atom is -0.478 e. The molecule has 1 N–H and O–H groups in total. The second kappa shape index (κ2) is 8.57. The first-order valence-electron chi connectivity index (χ1n) is 5.80. The van der Waals surface area contributed by atoms with Crippen LogP contribution in [-0.4, -0.2) is 11.1 Å². The highest BCUT2D eigenvalue weighted by molar-refractivity contribution is 5.81. The van der Waals surface area contributed by atoms with Gasteiger partial charge >= 0.3 is 5.97 Å². The lowest BCUT2D eigenvalue weighted by molar-refractivity contribution is -0.131. The molecule has 0 amide bonds. The van der Waals surface area contributed by atoms with Gasteiger partial charge in [-0.05, 0) is 46.1 Å². The smallest absolute Gasteiger partial charge is 0.328 e. The zero-order valence-electron chi connectivity index (χ0n) is 11.2. The van der Waals surface area contributed by atoms with Gasteiger partial charge in [0.15, 0.2) is 0 Å². The van der Waals surface area contributed by atoms with E-state index >= 15 is 0 Å². The molecule has 0 bridgehead atoms. The summed E-state index contributed by atoms with van der Waals surface area (Å²) in [6.45, 7) is 8.05. The summed E-state index contributed by atoms with van der Waals surface area (Å²) < 4.78 is 0. The summed E-state index contributed by atoms with van der Waals surface area (Å²) in [6.07, 6.45) is 11.2. The molecule has 0 fully saturated rings. The van der Waals surface area contributed by atoms with E-state index in [9.17, 15) is 4.79 Å². The van der Waals surface area contributed by atoms with Gasteiger partial charge in [-0.1, -0.05) is 35.5 Å². The number of aliphatic carboxylic acids is 1. The van der Waals surface area contributed by atoms with Crippen LogP contribution in [0.25, 0.3) is 0 Å². The van der Waals surface area contributed by atoms with Crippen LogP contribution < -0.4 is 0 Å². The molecule has 17 heavy (non-hydrogen) atoms. The average molecular weight is 234 g/mol. The normalized spacial score (nSPS) is 12.9. The van der Waals surface area contributed by atoms with Crippen molar-refractivity contribution in [1.29, 1.82) is 0 Å². The van der Waals surface area contributed by atoms with Crippen LogP contribution >= 0.6 is 0 Å². The summed E-state index contributed by atoms with van der Waals surface area (Å²) in [6, 6.07) is 0. The molecule has 0 rings (SSSR count). The summed E-state index contributed by atoms with van der Waals surface area (Å²) in [5, 5.41) is 8.53. The van der Waals surface area contributed by atoms with E-state index in [-0.39, 0.29) is 0 Å². The molecule has 0 aliphatic carbocycles. The Hall–Kier alpha value is -1.57. The van der Waals surface area contributed by atoms with Crippen molar-refractivity contribution in [3.8, 4) is 0 Å². The van der Waals surface area contributed by atoms with Gasteiger partial charge < -0.3 is 5.11 Å². The first-order valence-corrected chi connectivity index (χ1v) is 5.80. The molecule has 0 heterocycles.